The Morgan fingerprint density at radius 3 is 1.14 bits per heavy atom. The lowest BCUT2D eigenvalue weighted by atomic mass is 9.79. The molecule has 0 unspecified atom stereocenters. The zero-order valence-electron chi connectivity index (χ0n) is 80.6. The first kappa shape index (κ1) is 99.1. The van der Waals surface area contributed by atoms with Crippen molar-refractivity contribution in [2.24, 2.45) is 5.73 Å². The highest BCUT2D eigenvalue weighted by molar-refractivity contribution is 6.30. The number of tetrazole rings is 3. The van der Waals surface area contributed by atoms with E-state index in [1.165, 1.54) is 202 Å². The van der Waals surface area contributed by atoms with Crippen molar-refractivity contribution in [2.45, 2.75) is 287 Å². The lowest BCUT2D eigenvalue weighted by Gasteiger charge is -2.50. The minimum atomic E-state index is -0.660. The van der Waals surface area contributed by atoms with E-state index in [9.17, 15) is 14.4 Å². The third kappa shape index (κ3) is 27.1. The highest BCUT2D eigenvalue weighted by atomic mass is 35.5. The summed E-state index contributed by atoms with van der Waals surface area (Å²) in [5.41, 5.74) is 14.8. The van der Waals surface area contributed by atoms with E-state index in [1.807, 2.05) is 76.1 Å². The van der Waals surface area contributed by atoms with Gasteiger partial charge in [-0.25, -0.2) is 14.0 Å². The molecule has 29 nitrogen and oxygen atoms in total. The van der Waals surface area contributed by atoms with Crippen molar-refractivity contribution >= 4 is 29.3 Å². The average molecular weight is 1840 g/mol. The number of piperazine rings is 5. The van der Waals surface area contributed by atoms with Crippen LogP contribution in [-0.2, 0) is 73.0 Å². The fraction of sp³-hybridized carbons (Fsp3) is 0.650. The zero-order valence-corrected chi connectivity index (χ0v) is 81.4. The number of nitrogens with two attached hydrogens (primary N) is 1. The average Bonchev–Trinajstić information content (AvgIpc) is 1.75. The van der Waals surface area contributed by atoms with Gasteiger partial charge in [0.15, 0.2) is 0 Å². The van der Waals surface area contributed by atoms with Gasteiger partial charge in [-0.2, -0.15) is 0 Å². The molecule has 11 aliphatic rings. The Balaban J connectivity index is 0.000000132. The molecule has 5 saturated heterocycles. The number of halogens is 1. The van der Waals surface area contributed by atoms with Gasteiger partial charge in [0.2, 0.25) is 17.7 Å². The topological polar surface area (TPSA) is 285 Å². The van der Waals surface area contributed by atoms with E-state index in [2.05, 4.69) is 210 Å². The summed E-state index contributed by atoms with van der Waals surface area (Å²) < 4.78 is 5.94. The molecule has 5 aliphatic carbocycles. The van der Waals surface area contributed by atoms with E-state index < -0.39 is 6.04 Å². The number of fused-ring (bicyclic) bond motifs is 1. The molecule has 722 valence electrons. The molecule has 0 radical (unpaired) electrons. The Morgan fingerprint density at radius 2 is 0.759 bits per heavy atom. The van der Waals surface area contributed by atoms with E-state index in [4.69, 9.17) is 17.3 Å². The predicted molar refractivity (Wildman–Crippen MR) is 525 cm³/mol. The molecule has 6 N–H and O–H groups in total. The summed E-state index contributed by atoms with van der Waals surface area (Å²) in [5.74, 6) is 2.61. The Morgan fingerprint density at radius 1 is 0.414 bits per heavy atom. The van der Waals surface area contributed by atoms with Gasteiger partial charge in [-0.15, -0.1) is 15.3 Å². The molecule has 6 aliphatic heterocycles. The lowest BCUT2D eigenvalue weighted by Crippen LogP contribution is -2.62. The number of rotatable bonds is 25. The molecule has 19 rings (SSSR count). The maximum atomic E-state index is 14.1. The number of aryl methyl sites for hydroxylation is 3. The van der Waals surface area contributed by atoms with Gasteiger partial charge >= 0.3 is 0 Å². The van der Waals surface area contributed by atoms with Gasteiger partial charge in [0.25, 0.3) is 0 Å². The van der Waals surface area contributed by atoms with Crippen molar-refractivity contribution in [2.75, 3.05) is 144 Å². The van der Waals surface area contributed by atoms with E-state index in [-0.39, 0.29) is 45.9 Å². The van der Waals surface area contributed by atoms with Gasteiger partial charge in [0, 0.05) is 216 Å². The lowest BCUT2D eigenvalue weighted by molar-refractivity contribution is -0.139. The fourth-order valence-electron chi connectivity index (χ4n) is 23.7. The molecule has 3 amide bonds. The van der Waals surface area contributed by atoms with E-state index in [0.717, 1.165) is 180 Å². The van der Waals surface area contributed by atoms with Crippen LogP contribution in [0.5, 0.6) is 0 Å². The molecule has 2 atom stereocenters. The Kier molecular flexibility index (Phi) is 36.5. The van der Waals surface area contributed by atoms with Crippen LogP contribution in [0.25, 0.3) is 0 Å². The highest BCUT2D eigenvalue weighted by Gasteiger charge is 2.46. The molecular formula is C103H155ClN26O3. The molecule has 9 heterocycles. The first-order valence-electron chi connectivity index (χ1n) is 51.0. The van der Waals surface area contributed by atoms with Crippen molar-refractivity contribution in [1.29, 1.82) is 0 Å². The molecule has 8 aromatic rings. The van der Waals surface area contributed by atoms with Gasteiger partial charge in [-0.1, -0.05) is 235 Å². The van der Waals surface area contributed by atoms with Crippen molar-refractivity contribution in [3.8, 4) is 0 Å². The van der Waals surface area contributed by atoms with Gasteiger partial charge in [0.05, 0.1) is 25.7 Å². The highest BCUT2D eigenvalue weighted by Crippen LogP contribution is 2.41. The van der Waals surface area contributed by atoms with Gasteiger partial charge in [0.1, 0.15) is 23.5 Å². The van der Waals surface area contributed by atoms with Crippen molar-refractivity contribution in [1.82, 2.24) is 126 Å². The Hall–Kier alpha value is -8.43. The van der Waals surface area contributed by atoms with Crippen molar-refractivity contribution < 1.29 is 14.4 Å². The normalized spacial score (nSPS) is 22.4. The Labute approximate surface area is 796 Å². The van der Waals surface area contributed by atoms with Crippen LogP contribution >= 0.6 is 11.6 Å². The smallest absolute Gasteiger partial charge is 0.245 e. The maximum Gasteiger partial charge on any atom is 0.245 e. The first-order valence-corrected chi connectivity index (χ1v) is 51.4. The zero-order chi connectivity index (χ0) is 92.1. The molecule has 0 bridgehead atoms. The van der Waals surface area contributed by atoms with Crippen LogP contribution in [0, 0.1) is 20.8 Å². The van der Waals surface area contributed by atoms with Gasteiger partial charge in [-0.05, 0) is 168 Å². The number of carbonyl (C=O) groups excluding carboxylic acids is 3. The van der Waals surface area contributed by atoms with E-state index >= 15 is 0 Å². The summed E-state index contributed by atoms with van der Waals surface area (Å²) in [6.07, 6.45) is 33.2. The fourth-order valence-corrected chi connectivity index (χ4v) is 23.9. The van der Waals surface area contributed by atoms with Crippen LogP contribution in [0.4, 0.5) is 0 Å². The predicted octanol–water partition coefficient (Wildman–Crippen LogP) is 11.1. The third-order valence-corrected chi connectivity index (χ3v) is 32.0. The minimum Gasteiger partial charge on any atom is -0.354 e. The van der Waals surface area contributed by atoms with E-state index in [0.29, 0.717) is 43.0 Å². The number of amides is 3. The number of hydrogen-bond donors (Lipinski definition) is 5. The standard InChI is InChI=1S/C32H41ClN8O2.C20H30N6.C20H31N3O.C18H29N3.C13H24N6/c1-23-36-37-38-41(23)22-32(13-5-2-6-14-32)40-17-15-39(16-18-40)31(43)29(19-24-9-11-27(33)12-10-24)35-30(42)28-20-25-7-3-4-8-26(25)21-34-28;1-18-21-22-23-26(18)17-20(10-6-3-7-11-20)25-14-12-24(13-15-25)16-19-8-4-2-5-9-19;1-18(24)21-17-20(10-6-3-7-11-20)23-14-12-22(13-15-23)16-19-8-4-2-5-9-19;19-16-18(9-5-2-6-10-18)21-13-11-20(12-14-21)15-17-7-3-1-4-8-17;1-12-15-16-17-19(12)11-13(5-3-2-4-6-13)18-9-7-14-8-10-18/h3-4,7-12,28-29,34H,2,5-6,13-22H2,1H3,(H,35,42);2,4-5,8-9H,3,6-7,10-17H2,1H3;2,4-5,8-9H,3,6-7,10-17H2,1H3,(H,21,24);1,3-4,7-8H,2,5-6,9-16,19H2;14H,2-11H2,1H3/t28-,29-;;;;/m1..../s1. The molecular weight excluding hydrogens is 1680 g/mol. The molecule has 10 fully saturated rings. The summed E-state index contributed by atoms with van der Waals surface area (Å²) in [6.45, 7) is 36.9. The van der Waals surface area contributed by atoms with Crippen LogP contribution in [0.15, 0.2) is 140 Å². The number of aromatic nitrogens is 12. The summed E-state index contributed by atoms with van der Waals surface area (Å²) in [5, 5.41) is 50.1. The minimum absolute atomic E-state index is 0.00655. The number of nitrogens with zero attached hydrogens (tertiary/aromatic N) is 21. The number of carbonyl (C=O) groups is 3. The first-order chi connectivity index (χ1) is 65.0. The second-order valence-electron chi connectivity index (χ2n) is 40.3. The van der Waals surface area contributed by atoms with Crippen molar-refractivity contribution in [3.63, 3.8) is 0 Å². The molecule has 3 aromatic heterocycles. The largest absolute Gasteiger partial charge is 0.354 e. The summed E-state index contributed by atoms with van der Waals surface area (Å²) in [4.78, 5) is 62.1. The SMILES string of the molecule is CC(=O)NCC1(N2CCN(Cc3ccccc3)CC2)CCCCC1.Cc1nnnn1CC1(N2CCN(C(=O)[C@@H](Cc3ccc(Cl)cc3)NC(=O)[C@H]3Cc4ccccc4CN3)CC2)CCCCC1.Cc1nnnn1CC1(N2CCN(Cc3ccccc3)CC2)CCCCC1.Cc1nnnn1CC1(N2CCNCC2)CCCCC1.NCC1(N2CCN(Cc3ccccc3)CC2)CCCCC1. The van der Waals surface area contributed by atoms with Gasteiger partial charge in [-0.3, -0.25) is 53.6 Å². The molecule has 30 heteroatoms. The van der Waals surface area contributed by atoms with Crippen LogP contribution < -0.4 is 27.0 Å². The molecule has 5 saturated carbocycles. The van der Waals surface area contributed by atoms with Crippen molar-refractivity contribution in [3.05, 3.63) is 195 Å². The third-order valence-electron chi connectivity index (χ3n) is 31.7. The van der Waals surface area contributed by atoms with E-state index in [1.54, 1.807) is 6.92 Å². The van der Waals surface area contributed by atoms with Crippen LogP contribution in [0.2, 0.25) is 5.02 Å². The second kappa shape index (κ2) is 49.0. The van der Waals surface area contributed by atoms with Crippen LogP contribution in [0.1, 0.15) is 218 Å². The Bertz CT molecular complexity index is 4760. The van der Waals surface area contributed by atoms with Crippen LogP contribution in [-0.4, -0.2) is 306 Å². The maximum absolute atomic E-state index is 14.1. The molecule has 5 aromatic carbocycles. The summed E-state index contributed by atoms with van der Waals surface area (Å²) >= 11 is 6.13. The molecule has 0 spiro atoms. The summed E-state index contributed by atoms with van der Waals surface area (Å²) in [6, 6.07) is 47.1. The second-order valence-corrected chi connectivity index (χ2v) is 40.7. The monoisotopic (exact) mass is 1840 g/mol. The summed E-state index contributed by atoms with van der Waals surface area (Å²) in [7, 11) is 0. The van der Waals surface area contributed by atoms with Gasteiger partial charge < -0.3 is 31.9 Å². The number of hydrogen-bond acceptors (Lipinski definition) is 23. The quantitative estimate of drug-likeness (QED) is 0.0355. The number of benzene rings is 5. The molecule has 133 heavy (non-hydrogen) atoms. The number of nitrogens with one attached hydrogen (secondary N) is 4. The van der Waals surface area contributed by atoms with Crippen LogP contribution in [0.3, 0.4) is 0 Å².